The van der Waals surface area contributed by atoms with Gasteiger partial charge in [0.05, 0.1) is 16.8 Å². The molecule has 3 aromatic rings. The van der Waals surface area contributed by atoms with Crippen molar-refractivity contribution in [2.45, 2.75) is 27.3 Å². The molecule has 0 atom stereocenters. The molecule has 0 aliphatic carbocycles. The van der Waals surface area contributed by atoms with E-state index in [0.29, 0.717) is 16.9 Å². The number of aromatic nitrogens is 1. The van der Waals surface area contributed by atoms with E-state index in [-0.39, 0.29) is 5.91 Å². The van der Waals surface area contributed by atoms with Gasteiger partial charge in [0.1, 0.15) is 0 Å². The van der Waals surface area contributed by atoms with E-state index < -0.39 is 0 Å². The van der Waals surface area contributed by atoms with E-state index >= 15 is 0 Å². The molecule has 0 saturated carbocycles. The third kappa shape index (κ3) is 2.91. The molecule has 0 bridgehead atoms. The fraction of sp³-hybridized carbons (Fsp3) is 0.200. The van der Waals surface area contributed by atoms with Gasteiger partial charge in [0.25, 0.3) is 5.91 Å². The summed E-state index contributed by atoms with van der Waals surface area (Å²) in [5.74, 6) is 2.42. The van der Waals surface area contributed by atoms with Gasteiger partial charge in [-0.3, -0.25) is 4.79 Å². The Kier molecular flexibility index (Phi) is 4.37. The molecule has 2 aromatic carbocycles. The Labute approximate surface area is 145 Å². The zero-order chi connectivity index (χ0) is 17.3. The number of carbonyl (C=O) groups is 1. The van der Waals surface area contributed by atoms with Crippen LogP contribution in [-0.2, 0) is 6.54 Å². The number of amides is 1. The summed E-state index contributed by atoms with van der Waals surface area (Å²) < 4.78 is 3.02. The Morgan fingerprint density at radius 3 is 2.67 bits per heavy atom. The summed E-state index contributed by atoms with van der Waals surface area (Å²) in [7, 11) is 0. The lowest BCUT2D eigenvalue weighted by Gasteiger charge is -2.03. The minimum absolute atomic E-state index is 0.243. The summed E-state index contributed by atoms with van der Waals surface area (Å²) in [5, 5.41) is 0. The van der Waals surface area contributed by atoms with Gasteiger partial charge < -0.3 is 4.57 Å². The highest BCUT2D eigenvalue weighted by Crippen LogP contribution is 2.21. The van der Waals surface area contributed by atoms with Crippen molar-refractivity contribution in [3.8, 4) is 12.3 Å². The van der Waals surface area contributed by atoms with Crippen LogP contribution in [0.4, 0.5) is 0 Å². The number of rotatable bonds is 2. The molecule has 0 radical (unpaired) electrons. The molecule has 0 aliphatic heterocycles. The van der Waals surface area contributed by atoms with Crippen molar-refractivity contribution in [2.24, 2.45) is 4.99 Å². The maximum absolute atomic E-state index is 12.6. The molecule has 1 heterocycles. The fourth-order valence-corrected chi connectivity index (χ4v) is 3.76. The number of carbonyl (C=O) groups excluding carboxylic acids is 1. The number of aryl methyl sites for hydroxylation is 3. The third-order valence-corrected chi connectivity index (χ3v) is 5.15. The minimum atomic E-state index is -0.243. The predicted octanol–water partition coefficient (Wildman–Crippen LogP) is 4.00. The molecule has 0 fully saturated rings. The molecule has 1 amide bonds. The monoisotopic (exact) mass is 334 g/mol. The first-order valence-electron chi connectivity index (χ1n) is 7.70. The van der Waals surface area contributed by atoms with Gasteiger partial charge in [0, 0.05) is 5.56 Å². The third-order valence-electron chi connectivity index (χ3n) is 4.10. The van der Waals surface area contributed by atoms with Gasteiger partial charge in [0.15, 0.2) is 4.80 Å². The summed E-state index contributed by atoms with van der Waals surface area (Å²) in [6, 6.07) is 11.7. The molecule has 3 nitrogen and oxygen atoms in total. The molecule has 0 spiro atoms. The molecular formula is C20H18N2OS. The van der Waals surface area contributed by atoms with Crippen LogP contribution in [0.3, 0.4) is 0 Å². The molecule has 4 heteroatoms. The number of thiazole rings is 1. The van der Waals surface area contributed by atoms with Crippen molar-refractivity contribution in [1.82, 2.24) is 4.57 Å². The average Bonchev–Trinajstić information content (AvgIpc) is 2.89. The van der Waals surface area contributed by atoms with Gasteiger partial charge in [-0.25, -0.2) is 0 Å². The maximum atomic E-state index is 12.6. The number of nitrogens with zero attached hydrogens (tertiary/aromatic N) is 2. The Balaban J connectivity index is 2.17. The summed E-state index contributed by atoms with van der Waals surface area (Å²) in [5.41, 5.74) is 5.01. The highest BCUT2D eigenvalue weighted by Gasteiger charge is 2.10. The lowest BCUT2D eigenvalue weighted by molar-refractivity contribution is 0.0998. The Morgan fingerprint density at radius 2 is 1.96 bits per heavy atom. The van der Waals surface area contributed by atoms with E-state index in [0.717, 1.165) is 26.9 Å². The number of hydrogen-bond acceptors (Lipinski definition) is 2. The molecule has 24 heavy (non-hydrogen) atoms. The van der Waals surface area contributed by atoms with E-state index in [1.807, 2.05) is 61.7 Å². The highest BCUT2D eigenvalue weighted by molar-refractivity contribution is 7.16. The quantitative estimate of drug-likeness (QED) is 0.652. The van der Waals surface area contributed by atoms with Crippen molar-refractivity contribution in [3.05, 3.63) is 63.5 Å². The SMILES string of the molecule is C#CCn1c(=NC(=O)c2ccc(C)c(C)c2)sc2cccc(C)c21. The Bertz CT molecular complexity index is 1050. The lowest BCUT2D eigenvalue weighted by atomic mass is 10.1. The van der Waals surface area contributed by atoms with Crippen LogP contribution in [-0.4, -0.2) is 10.5 Å². The van der Waals surface area contributed by atoms with Crippen LogP contribution in [0.5, 0.6) is 0 Å². The highest BCUT2D eigenvalue weighted by atomic mass is 32.1. The van der Waals surface area contributed by atoms with E-state index in [9.17, 15) is 4.79 Å². The normalized spacial score (nSPS) is 11.7. The molecule has 0 unspecified atom stereocenters. The van der Waals surface area contributed by atoms with Crippen LogP contribution in [0.15, 0.2) is 41.4 Å². The van der Waals surface area contributed by atoms with E-state index in [1.54, 1.807) is 0 Å². The molecular weight excluding hydrogens is 316 g/mol. The number of para-hydroxylation sites is 1. The second kappa shape index (κ2) is 6.46. The summed E-state index contributed by atoms with van der Waals surface area (Å²) in [4.78, 5) is 17.6. The Morgan fingerprint density at radius 1 is 1.17 bits per heavy atom. The zero-order valence-electron chi connectivity index (χ0n) is 14.0. The molecule has 0 saturated heterocycles. The first-order valence-corrected chi connectivity index (χ1v) is 8.51. The molecule has 120 valence electrons. The van der Waals surface area contributed by atoms with Gasteiger partial charge >= 0.3 is 0 Å². The first-order chi connectivity index (χ1) is 11.5. The van der Waals surface area contributed by atoms with E-state index in [4.69, 9.17) is 6.42 Å². The van der Waals surface area contributed by atoms with Gasteiger partial charge in [-0.15, -0.1) is 6.42 Å². The summed E-state index contributed by atoms with van der Waals surface area (Å²) in [6.45, 7) is 6.45. The van der Waals surface area contributed by atoms with E-state index in [2.05, 4.69) is 10.9 Å². The maximum Gasteiger partial charge on any atom is 0.279 e. The summed E-state index contributed by atoms with van der Waals surface area (Å²) >= 11 is 1.49. The largest absolute Gasteiger partial charge is 0.304 e. The topological polar surface area (TPSA) is 34.4 Å². The van der Waals surface area contributed by atoms with Gasteiger partial charge in [0.2, 0.25) is 0 Å². The second-order valence-corrected chi connectivity index (χ2v) is 6.82. The molecule has 1 aromatic heterocycles. The number of hydrogen-bond donors (Lipinski definition) is 0. The van der Waals surface area contributed by atoms with Crippen molar-refractivity contribution in [3.63, 3.8) is 0 Å². The first kappa shape index (κ1) is 16.2. The minimum Gasteiger partial charge on any atom is -0.304 e. The molecule has 0 N–H and O–H groups in total. The van der Waals surface area contributed by atoms with Crippen molar-refractivity contribution < 1.29 is 4.79 Å². The smallest absolute Gasteiger partial charge is 0.279 e. The van der Waals surface area contributed by atoms with Crippen molar-refractivity contribution in [1.29, 1.82) is 0 Å². The zero-order valence-corrected chi connectivity index (χ0v) is 14.8. The van der Waals surface area contributed by atoms with Crippen LogP contribution in [0.1, 0.15) is 27.0 Å². The summed E-state index contributed by atoms with van der Waals surface area (Å²) in [6.07, 6.45) is 5.52. The molecule has 3 rings (SSSR count). The Hall–Kier alpha value is -2.64. The van der Waals surface area contributed by atoms with Gasteiger partial charge in [-0.2, -0.15) is 4.99 Å². The average molecular weight is 334 g/mol. The van der Waals surface area contributed by atoms with Crippen LogP contribution in [0.25, 0.3) is 10.2 Å². The van der Waals surface area contributed by atoms with Crippen LogP contribution in [0.2, 0.25) is 0 Å². The van der Waals surface area contributed by atoms with Crippen LogP contribution < -0.4 is 4.80 Å². The predicted molar refractivity (Wildman–Crippen MR) is 99.2 cm³/mol. The van der Waals surface area contributed by atoms with Crippen molar-refractivity contribution in [2.75, 3.05) is 0 Å². The second-order valence-electron chi connectivity index (χ2n) is 5.81. The fourth-order valence-electron chi connectivity index (χ4n) is 2.66. The van der Waals surface area contributed by atoms with Crippen LogP contribution >= 0.6 is 11.3 Å². The number of benzene rings is 2. The number of fused-ring (bicyclic) bond motifs is 1. The lowest BCUT2D eigenvalue weighted by Crippen LogP contribution is -2.17. The van der Waals surface area contributed by atoms with Crippen LogP contribution in [0, 0.1) is 33.1 Å². The molecule has 0 aliphatic rings. The van der Waals surface area contributed by atoms with Gasteiger partial charge in [-0.05, 0) is 55.7 Å². The number of terminal acetylenes is 1. The standard InChI is InChI=1S/C20H18N2OS/c1-5-11-22-18-14(3)7-6-8-17(18)24-20(22)21-19(23)16-10-9-13(2)15(4)12-16/h1,6-10,12H,11H2,2-4H3. The van der Waals surface area contributed by atoms with Gasteiger partial charge in [-0.1, -0.05) is 35.5 Å². The van der Waals surface area contributed by atoms with E-state index in [1.165, 1.54) is 11.3 Å². The van der Waals surface area contributed by atoms with Crippen molar-refractivity contribution >= 4 is 27.5 Å².